The minimum atomic E-state index is -1.02. The number of aromatic nitrogens is 2. The molecule has 3 rings (SSSR count). The molecular formula is C17H14N2O6. The van der Waals surface area contributed by atoms with E-state index in [-0.39, 0.29) is 12.5 Å². The molecule has 8 heteroatoms. The molecule has 25 heavy (non-hydrogen) atoms. The van der Waals surface area contributed by atoms with Crippen LogP contribution in [0.1, 0.15) is 11.4 Å². The summed E-state index contributed by atoms with van der Waals surface area (Å²) in [6.45, 7) is 0.0743. The van der Waals surface area contributed by atoms with Crippen LogP contribution in [-0.4, -0.2) is 28.3 Å². The number of nitrogens with zero attached hydrogens (tertiary/aromatic N) is 2. The maximum absolute atomic E-state index is 10.6. The van der Waals surface area contributed by atoms with E-state index in [9.17, 15) is 4.79 Å². The van der Waals surface area contributed by atoms with Gasteiger partial charge in [0.05, 0.1) is 13.4 Å². The summed E-state index contributed by atoms with van der Waals surface area (Å²) < 4.78 is 21.2. The van der Waals surface area contributed by atoms with Crippen LogP contribution in [0.15, 0.2) is 51.6 Å². The monoisotopic (exact) mass is 342 g/mol. The van der Waals surface area contributed by atoms with Crippen molar-refractivity contribution < 1.29 is 28.3 Å². The molecule has 3 aromatic rings. The molecule has 2 heterocycles. The smallest absolute Gasteiger partial charge is 0.328 e. The molecule has 0 fully saturated rings. The van der Waals surface area contributed by atoms with Gasteiger partial charge in [-0.25, -0.2) is 4.79 Å². The first-order valence-electron chi connectivity index (χ1n) is 7.24. The average molecular weight is 342 g/mol. The Bertz CT molecular complexity index is 882. The Morgan fingerprint density at radius 2 is 2.20 bits per heavy atom. The van der Waals surface area contributed by atoms with E-state index in [1.165, 1.54) is 19.4 Å². The van der Waals surface area contributed by atoms with Crippen molar-refractivity contribution in [2.24, 2.45) is 0 Å². The standard InChI is InChI=1S/C17H14N2O6/c1-22-14-9-11(5-7-16(20)21)4-6-12(14)24-10-15-18-17(25-19-15)13-3-2-8-23-13/h2-9H,10H2,1H3,(H,20,21)/b7-5+. The minimum Gasteiger partial charge on any atom is -0.493 e. The van der Waals surface area contributed by atoms with Crippen LogP contribution in [0.25, 0.3) is 17.7 Å². The number of rotatable bonds is 7. The number of methoxy groups -OCH3 is 1. The summed E-state index contributed by atoms with van der Waals surface area (Å²) in [6.07, 6.45) is 4.02. The van der Waals surface area contributed by atoms with E-state index in [0.29, 0.717) is 28.6 Å². The minimum absolute atomic E-state index is 0.0743. The maximum atomic E-state index is 10.6. The van der Waals surface area contributed by atoms with Crippen molar-refractivity contribution in [3.05, 3.63) is 54.1 Å². The molecule has 0 aliphatic carbocycles. The highest BCUT2D eigenvalue weighted by molar-refractivity contribution is 5.85. The number of furan rings is 1. The zero-order valence-electron chi connectivity index (χ0n) is 13.2. The van der Waals surface area contributed by atoms with E-state index >= 15 is 0 Å². The van der Waals surface area contributed by atoms with Crippen LogP contribution in [0.3, 0.4) is 0 Å². The van der Waals surface area contributed by atoms with Crippen molar-refractivity contribution in [2.75, 3.05) is 7.11 Å². The molecule has 2 aromatic heterocycles. The lowest BCUT2D eigenvalue weighted by Crippen LogP contribution is -1.99. The molecular weight excluding hydrogens is 328 g/mol. The average Bonchev–Trinajstić information content (AvgIpc) is 3.29. The van der Waals surface area contributed by atoms with Crippen molar-refractivity contribution >= 4 is 12.0 Å². The lowest BCUT2D eigenvalue weighted by Gasteiger charge is -2.09. The molecule has 0 atom stereocenters. The fourth-order valence-electron chi connectivity index (χ4n) is 2.03. The van der Waals surface area contributed by atoms with Crippen molar-refractivity contribution in [3.8, 4) is 23.1 Å². The third-order valence-corrected chi connectivity index (χ3v) is 3.16. The van der Waals surface area contributed by atoms with E-state index < -0.39 is 5.97 Å². The molecule has 0 saturated heterocycles. The molecule has 0 radical (unpaired) electrons. The second-order valence-corrected chi connectivity index (χ2v) is 4.86. The number of hydrogen-bond donors (Lipinski definition) is 1. The summed E-state index contributed by atoms with van der Waals surface area (Å²) in [7, 11) is 1.50. The number of benzene rings is 1. The predicted molar refractivity (Wildman–Crippen MR) is 86.0 cm³/mol. The normalized spacial score (nSPS) is 10.9. The predicted octanol–water partition coefficient (Wildman–Crippen LogP) is 3.02. The number of carbonyl (C=O) groups is 1. The van der Waals surface area contributed by atoms with Crippen LogP contribution < -0.4 is 9.47 Å². The van der Waals surface area contributed by atoms with Gasteiger partial charge in [-0.1, -0.05) is 11.2 Å². The van der Waals surface area contributed by atoms with E-state index in [2.05, 4.69) is 10.1 Å². The number of ether oxygens (including phenoxy) is 2. The van der Waals surface area contributed by atoms with Gasteiger partial charge in [-0.3, -0.25) is 0 Å². The van der Waals surface area contributed by atoms with Gasteiger partial charge < -0.3 is 23.5 Å². The van der Waals surface area contributed by atoms with Crippen molar-refractivity contribution in [1.29, 1.82) is 0 Å². The molecule has 0 aliphatic rings. The molecule has 0 bridgehead atoms. The quantitative estimate of drug-likeness (QED) is 0.653. The topological polar surface area (TPSA) is 108 Å². The summed E-state index contributed by atoms with van der Waals surface area (Å²) in [5.41, 5.74) is 0.672. The van der Waals surface area contributed by atoms with Gasteiger partial charge >= 0.3 is 5.97 Å². The second kappa shape index (κ2) is 7.35. The SMILES string of the molecule is COc1cc(/C=C/C(=O)O)ccc1OCc1noc(-c2ccco2)n1. The van der Waals surface area contributed by atoms with Gasteiger partial charge in [-0.05, 0) is 35.9 Å². The summed E-state index contributed by atoms with van der Waals surface area (Å²) in [6, 6.07) is 8.49. The Morgan fingerprint density at radius 1 is 1.32 bits per heavy atom. The van der Waals surface area contributed by atoms with Crippen molar-refractivity contribution in [3.63, 3.8) is 0 Å². The lowest BCUT2D eigenvalue weighted by atomic mass is 10.2. The number of aliphatic carboxylic acids is 1. The van der Waals surface area contributed by atoms with Gasteiger partial charge in [0.2, 0.25) is 5.82 Å². The first kappa shape index (κ1) is 16.3. The summed E-state index contributed by atoms with van der Waals surface area (Å²) >= 11 is 0. The Hall–Kier alpha value is -3.55. The molecule has 0 unspecified atom stereocenters. The molecule has 8 nitrogen and oxygen atoms in total. The van der Waals surface area contributed by atoms with Crippen LogP contribution >= 0.6 is 0 Å². The third kappa shape index (κ3) is 4.05. The fourth-order valence-corrected chi connectivity index (χ4v) is 2.03. The number of hydrogen-bond acceptors (Lipinski definition) is 7. The van der Waals surface area contributed by atoms with Gasteiger partial charge in [-0.15, -0.1) is 0 Å². The van der Waals surface area contributed by atoms with Crippen LogP contribution in [0, 0.1) is 0 Å². The zero-order chi connectivity index (χ0) is 17.6. The Balaban J connectivity index is 1.69. The van der Waals surface area contributed by atoms with Crippen molar-refractivity contribution in [1.82, 2.24) is 10.1 Å². The second-order valence-electron chi connectivity index (χ2n) is 4.86. The van der Waals surface area contributed by atoms with E-state index in [4.69, 9.17) is 23.5 Å². The summed E-state index contributed by atoms with van der Waals surface area (Å²) in [4.78, 5) is 14.7. The molecule has 0 aliphatic heterocycles. The first-order chi connectivity index (χ1) is 12.2. The molecule has 0 spiro atoms. The molecule has 1 N–H and O–H groups in total. The van der Waals surface area contributed by atoms with Gasteiger partial charge in [0.15, 0.2) is 23.9 Å². The molecule has 0 amide bonds. The lowest BCUT2D eigenvalue weighted by molar-refractivity contribution is -0.131. The van der Waals surface area contributed by atoms with E-state index in [1.807, 2.05) is 0 Å². The Morgan fingerprint density at radius 3 is 2.92 bits per heavy atom. The molecule has 0 saturated carbocycles. The van der Waals surface area contributed by atoms with Crippen LogP contribution in [0.5, 0.6) is 11.5 Å². The Labute approximate surface area is 142 Å². The fraction of sp³-hybridized carbons (Fsp3) is 0.118. The first-order valence-corrected chi connectivity index (χ1v) is 7.24. The van der Waals surface area contributed by atoms with Crippen molar-refractivity contribution in [2.45, 2.75) is 6.61 Å². The van der Waals surface area contributed by atoms with Crippen LogP contribution in [0.2, 0.25) is 0 Å². The van der Waals surface area contributed by atoms with E-state index in [0.717, 1.165) is 6.08 Å². The highest BCUT2D eigenvalue weighted by atomic mass is 16.5. The van der Waals surface area contributed by atoms with Gasteiger partial charge in [-0.2, -0.15) is 4.98 Å². The highest BCUT2D eigenvalue weighted by Crippen LogP contribution is 2.29. The van der Waals surface area contributed by atoms with Gasteiger partial charge in [0.25, 0.3) is 5.89 Å². The highest BCUT2D eigenvalue weighted by Gasteiger charge is 2.12. The van der Waals surface area contributed by atoms with Gasteiger partial charge in [0, 0.05) is 6.08 Å². The third-order valence-electron chi connectivity index (χ3n) is 3.16. The van der Waals surface area contributed by atoms with Crippen LogP contribution in [-0.2, 0) is 11.4 Å². The molecule has 128 valence electrons. The van der Waals surface area contributed by atoms with E-state index in [1.54, 1.807) is 30.3 Å². The van der Waals surface area contributed by atoms with Crippen LogP contribution in [0.4, 0.5) is 0 Å². The Kier molecular flexibility index (Phi) is 4.79. The zero-order valence-corrected chi connectivity index (χ0v) is 13.2. The summed E-state index contributed by atoms with van der Waals surface area (Å²) in [5, 5.41) is 12.5. The molecule has 1 aromatic carbocycles. The largest absolute Gasteiger partial charge is 0.493 e. The summed E-state index contributed by atoms with van der Waals surface area (Å²) in [5.74, 6) is 1.00. The maximum Gasteiger partial charge on any atom is 0.328 e. The number of carboxylic acids is 1. The van der Waals surface area contributed by atoms with Gasteiger partial charge in [0.1, 0.15) is 0 Å². The number of carboxylic acid groups (broad SMARTS) is 1.